The van der Waals surface area contributed by atoms with Gasteiger partial charge in [-0.05, 0) is 44.0 Å². The smallest absolute Gasteiger partial charge is 0.253 e. The number of fused-ring (bicyclic) bond motifs is 4. The van der Waals surface area contributed by atoms with Crippen LogP contribution in [0.4, 0.5) is 0 Å². The van der Waals surface area contributed by atoms with E-state index in [4.69, 9.17) is 0 Å². The molecular weight excluding hydrogens is 262 g/mol. The maximum Gasteiger partial charge on any atom is 0.253 e. The summed E-state index contributed by atoms with van der Waals surface area (Å²) in [7, 11) is 0. The molecule has 1 aromatic heterocycles. The van der Waals surface area contributed by atoms with Crippen LogP contribution >= 0.6 is 0 Å². The molecule has 0 aliphatic carbocycles. The van der Waals surface area contributed by atoms with Crippen LogP contribution in [0, 0.1) is 5.92 Å². The van der Waals surface area contributed by atoms with Crippen molar-refractivity contribution in [3.63, 3.8) is 0 Å². The molecule has 1 aromatic carbocycles. The van der Waals surface area contributed by atoms with Gasteiger partial charge in [-0.2, -0.15) is 0 Å². The second-order valence-corrected chi connectivity index (χ2v) is 6.13. The molecule has 21 heavy (non-hydrogen) atoms. The lowest BCUT2D eigenvalue weighted by atomic mass is 9.84. The summed E-state index contributed by atoms with van der Waals surface area (Å²) in [5.41, 5.74) is 1.59. The molecule has 0 unspecified atom stereocenters. The van der Waals surface area contributed by atoms with Crippen molar-refractivity contribution in [3.8, 4) is 0 Å². The highest BCUT2D eigenvalue weighted by Crippen LogP contribution is 2.27. The van der Waals surface area contributed by atoms with Crippen molar-refractivity contribution in [2.75, 3.05) is 19.6 Å². The van der Waals surface area contributed by atoms with E-state index < -0.39 is 0 Å². The summed E-state index contributed by atoms with van der Waals surface area (Å²) in [5.74, 6) is 0.652. The molecule has 0 saturated carbocycles. The molecule has 5 rings (SSSR count). The molecule has 1 N–H and O–H groups in total. The summed E-state index contributed by atoms with van der Waals surface area (Å²) >= 11 is 0. The SMILES string of the molecule is O=C(N[C@H]1CN2CCC1CC2)c1cnc2ccccc2c1. The molecule has 2 bridgehead atoms. The van der Waals surface area contributed by atoms with Gasteiger partial charge in [0, 0.05) is 24.2 Å². The Morgan fingerprint density at radius 1 is 1.24 bits per heavy atom. The topological polar surface area (TPSA) is 45.2 Å². The number of amides is 1. The molecule has 3 fully saturated rings. The zero-order valence-electron chi connectivity index (χ0n) is 12.0. The fourth-order valence-electron chi connectivity index (χ4n) is 3.58. The Labute approximate surface area is 124 Å². The zero-order chi connectivity index (χ0) is 14.2. The minimum atomic E-state index is 0.00648. The minimum absolute atomic E-state index is 0.00648. The number of pyridine rings is 1. The molecule has 4 nitrogen and oxygen atoms in total. The number of carbonyl (C=O) groups excluding carboxylic acids is 1. The maximum atomic E-state index is 12.5. The van der Waals surface area contributed by atoms with Crippen LogP contribution in [0.3, 0.4) is 0 Å². The Morgan fingerprint density at radius 2 is 2.05 bits per heavy atom. The summed E-state index contributed by atoms with van der Waals surface area (Å²) < 4.78 is 0. The molecule has 0 spiro atoms. The quantitative estimate of drug-likeness (QED) is 0.916. The lowest BCUT2D eigenvalue weighted by molar-refractivity contribution is 0.0620. The van der Waals surface area contributed by atoms with Crippen molar-refractivity contribution >= 4 is 16.8 Å². The van der Waals surface area contributed by atoms with Crippen LogP contribution in [-0.4, -0.2) is 41.5 Å². The first-order valence-electron chi connectivity index (χ1n) is 7.67. The molecule has 0 radical (unpaired) electrons. The Kier molecular flexibility index (Phi) is 3.11. The second kappa shape index (κ2) is 5.11. The molecule has 4 heterocycles. The molecule has 1 atom stereocenters. The van der Waals surface area contributed by atoms with E-state index in [0.717, 1.165) is 17.4 Å². The van der Waals surface area contributed by atoms with E-state index in [2.05, 4.69) is 15.2 Å². The van der Waals surface area contributed by atoms with E-state index >= 15 is 0 Å². The van der Waals surface area contributed by atoms with Crippen molar-refractivity contribution in [1.29, 1.82) is 0 Å². The van der Waals surface area contributed by atoms with Crippen molar-refractivity contribution < 1.29 is 4.79 Å². The normalized spacial score (nSPS) is 27.7. The molecule has 4 heteroatoms. The molecule has 108 valence electrons. The van der Waals surface area contributed by atoms with Crippen molar-refractivity contribution in [2.45, 2.75) is 18.9 Å². The van der Waals surface area contributed by atoms with Crippen molar-refractivity contribution in [3.05, 3.63) is 42.1 Å². The van der Waals surface area contributed by atoms with Gasteiger partial charge in [-0.15, -0.1) is 0 Å². The number of nitrogens with one attached hydrogen (secondary N) is 1. The van der Waals surface area contributed by atoms with E-state index in [1.807, 2.05) is 30.3 Å². The average molecular weight is 281 g/mol. The summed E-state index contributed by atoms with van der Waals surface area (Å²) in [4.78, 5) is 19.3. The van der Waals surface area contributed by atoms with Crippen LogP contribution in [0.15, 0.2) is 36.5 Å². The fraction of sp³-hybridized carbons (Fsp3) is 0.412. The van der Waals surface area contributed by atoms with Crippen LogP contribution in [0.1, 0.15) is 23.2 Å². The molecular formula is C17H19N3O. The first-order chi connectivity index (χ1) is 10.3. The van der Waals surface area contributed by atoms with Gasteiger partial charge in [-0.3, -0.25) is 9.78 Å². The summed E-state index contributed by atoms with van der Waals surface area (Å²) in [6.07, 6.45) is 4.10. The van der Waals surface area contributed by atoms with Crippen LogP contribution in [0.2, 0.25) is 0 Å². The number of aromatic nitrogens is 1. The zero-order valence-corrected chi connectivity index (χ0v) is 12.0. The van der Waals surface area contributed by atoms with E-state index in [-0.39, 0.29) is 5.91 Å². The van der Waals surface area contributed by atoms with E-state index in [1.54, 1.807) is 6.20 Å². The van der Waals surface area contributed by atoms with Crippen molar-refractivity contribution in [1.82, 2.24) is 15.2 Å². The highest BCUT2D eigenvalue weighted by atomic mass is 16.1. The standard InChI is InChI=1S/C17H19N3O/c21-17(19-16-11-20-7-5-12(16)6-8-20)14-9-13-3-1-2-4-15(13)18-10-14/h1-4,9-10,12,16H,5-8,11H2,(H,19,21)/t16-/m0/s1. The third-order valence-electron chi connectivity index (χ3n) is 4.83. The Morgan fingerprint density at radius 3 is 2.81 bits per heavy atom. The number of hydrogen-bond acceptors (Lipinski definition) is 3. The average Bonchev–Trinajstić information content (AvgIpc) is 2.55. The largest absolute Gasteiger partial charge is 0.348 e. The monoisotopic (exact) mass is 281 g/mol. The Balaban J connectivity index is 1.53. The summed E-state index contributed by atoms with van der Waals surface area (Å²) in [5, 5.41) is 4.22. The molecule has 2 aromatic rings. The van der Waals surface area contributed by atoms with Gasteiger partial charge < -0.3 is 10.2 Å². The highest BCUT2D eigenvalue weighted by molar-refractivity contribution is 5.97. The Bertz CT molecular complexity index is 677. The predicted octanol–water partition coefficient (Wildman–Crippen LogP) is 2.06. The number of para-hydroxylation sites is 1. The number of rotatable bonds is 2. The van der Waals surface area contributed by atoms with Crippen LogP contribution < -0.4 is 5.32 Å². The number of piperidine rings is 3. The number of nitrogens with zero attached hydrogens (tertiary/aromatic N) is 2. The highest BCUT2D eigenvalue weighted by Gasteiger charge is 2.34. The van der Waals surface area contributed by atoms with Gasteiger partial charge in [0.05, 0.1) is 11.1 Å². The van der Waals surface area contributed by atoms with Gasteiger partial charge in [0.25, 0.3) is 5.91 Å². The number of carbonyl (C=O) groups is 1. The van der Waals surface area contributed by atoms with Crippen LogP contribution in [0.5, 0.6) is 0 Å². The van der Waals surface area contributed by atoms with Crippen LogP contribution in [0.25, 0.3) is 10.9 Å². The minimum Gasteiger partial charge on any atom is -0.348 e. The fourth-order valence-corrected chi connectivity index (χ4v) is 3.58. The van der Waals surface area contributed by atoms with Gasteiger partial charge in [0.15, 0.2) is 0 Å². The third kappa shape index (κ3) is 2.40. The summed E-state index contributed by atoms with van der Waals surface area (Å²) in [6, 6.07) is 10.1. The van der Waals surface area contributed by atoms with Gasteiger partial charge in [-0.25, -0.2) is 0 Å². The van der Waals surface area contributed by atoms with Crippen LogP contribution in [-0.2, 0) is 0 Å². The lowest BCUT2D eigenvalue weighted by Gasteiger charge is -2.44. The molecule has 1 amide bonds. The van der Waals surface area contributed by atoms with Gasteiger partial charge in [-0.1, -0.05) is 18.2 Å². The second-order valence-electron chi connectivity index (χ2n) is 6.13. The number of benzene rings is 1. The predicted molar refractivity (Wildman–Crippen MR) is 82.2 cm³/mol. The molecule has 3 aliphatic rings. The third-order valence-corrected chi connectivity index (χ3v) is 4.83. The van der Waals surface area contributed by atoms with E-state index in [0.29, 0.717) is 17.5 Å². The van der Waals surface area contributed by atoms with Crippen molar-refractivity contribution in [2.24, 2.45) is 5.92 Å². The van der Waals surface area contributed by atoms with Gasteiger partial charge in [0.1, 0.15) is 0 Å². The van der Waals surface area contributed by atoms with E-state index in [1.165, 1.54) is 25.9 Å². The Hall–Kier alpha value is -1.94. The first kappa shape index (κ1) is 12.8. The number of hydrogen-bond donors (Lipinski definition) is 1. The lowest BCUT2D eigenvalue weighted by Crippen LogP contribution is -2.57. The molecule has 3 aliphatic heterocycles. The van der Waals surface area contributed by atoms with E-state index in [9.17, 15) is 4.79 Å². The van der Waals surface area contributed by atoms with Gasteiger partial charge >= 0.3 is 0 Å². The summed E-state index contributed by atoms with van der Waals surface area (Å²) in [6.45, 7) is 3.38. The first-order valence-corrected chi connectivity index (χ1v) is 7.67. The van der Waals surface area contributed by atoms with Gasteiger partial charge in [0.2, 0.25) is 0 Å². The molecule has 3 saturated heterocycles. The maximum absolute atomic E-state index is 12.5.